The van der Waals surface area contributed by atoms with Gasteiger partial charge in [0.05, 0.1) is 5.69 Å². The van der Waals surface area contributed by atoms with Gasteiger partial charge in [0.1, 0.15) is 9.88 Å². The van der Waals surface area contributed by atoms with Gasteiger partial charge in [-0.25, -0.2) is 4.98 Å². The Morgan fingerprint density at radius 3 is 2.64 bits per heavy atom. The molecule has 1 aromatic carbocycles. The molecule has 22 heavy (non-hydrogen) atoms. The number of aliphatic carboxylic acids is 1. The molecule has 0 aliphatic heterocycles. The van der Waals surface area contributed by atoms with Gasteiger partial charge in [-0.05, 0) is 12.8 Å². The van der Waals surface area contributed by atoms with Gasteiger partial charge in [0, 0.05) is 18.5 Å². The molecule has 1 heterocycles. The zero-order valence-electron chi connectivity index (χ0n) is 12.5. The molecule has 0 spiro atoms. The SMILES string of the molecule is Cc1nc(-c2ccccc2)sc1C(=O)NCC(C)CC(=O)O. The lowest BCUT2D eigenvalue weighted by molar-refractivity contribution is -0.137. The average molecular weight is 318 g/mol. The number of benzene rings is 1. The maximum absolute atomic E-state index is 12.2. The Labute approximate surface area is 133 Å². The molecule has 1 atom stereocenters. The number of thiazole rings is 1. The summed E-state index contributed by atoms with van der Waals surface area (Å²) in [7, 11) is 0. The van der Waals surface area contributed by atoms with E-state index in [2.05, 4.69) is 10.3 Å². The van der Waals surface area contributed by atoms with Crippen molar-refractivity contribution in [3.63, 3.8) is 0 Å². The van der Waals surface area contributed by atoms with Crippen molar-refractivity contribution in [3.05, 3.63) is 40.9 Å². The minimum absolute atomic E-state index is 0.0389. The number of carboxylic acid groups (broad SMARTS) is 1. The Kier molecular flexibility index (Phi) is 5.27. The van der Waals surface area contributed by atoms with E-state index in [9.17, 15) is 9.59 Å². The van der Waals surface area contributed by atoms with Crippen LogP contribution in [0.5, 0.6) is 0 Å². The zero-order valence-corrected chi connectivity index (χ0v) is 13.3. The highest BCUT2D eigenvalue weighted by molar-refractivity contribution is 7.17. The molecule has 0 radical (unpaired) electrons. The highest BCUT2D eigenvalue weighted by atomic mass is 32.1. The number of carboxylic acids is 1. The highest BCUT2D eigenvalue weighted by Crippen LogP contribution is 2.27. The zero-order chi connectivity index (χ0) is 16.1. The number of carbonyl (C=O) groups excluding carboxylic acids is 1. The van der Waals surface area contributed by atoms with Crippen LogP contribution >= 0.6 is 11.3 Å². The Morgan fingerprint density at radius 2 is 2.00 bits per heavy atom. The second-order valence-electron chi connectivity index (χ2n) is 5.21. The molecule has 116 valence electrons. The molecular formula is C16H18N2O3S. The van der Waals surface area contributed by atoms with E-state index in [1.54, 1.807) is 13.8 Å². The second kappa shape index (κ2) is 7.17. The van der Waals surface area contributed by atoms with Crippen molar-refractivity contribution in [1.82, 2.24) is 10.3 Å². The molecule has 5 nitrogen and oxygen atoms in total. The van der Waals surface area contributed by atoms with Crippen LogP contribution in [0, 0.1) is 12.8 Å². The molecule has 2 aromatic rings. The van der Waals surface area contributed by atoms with Gasteiger partial charge in [0.2, 0.25) is 0 Å². The van der Waals surface area contributed by atoms with Crippen LogP contribution in [0.4, 0.5) is 0 Å². The predicted molar refractivity (Wildman–Crippen MR) is 86.0 cm³/mol. The van der Waals surface area contributed by atoms with E-state index in [1.807, 2.05) is 30.3 Å². The van der Waals surface area contributed by atoms with Crippen LogP contribution in [0.2, 0.25) is 0 Å². The summed E-state index contributed by atoms with van der Waals surface area (Å²) in [6.07, 6.45) is 0.0389. The molecule has 1 amide bonds. The van der Waals surface area contributed by atoms with Crippen molar-refractivity contribution in [2.45, 2.75) is 20.3 Å². The first-order chi connectivity index (χ1) is 10.5. The summed E-state index contributed by atoms with van der Waals surface area (Å²) in [5.41, 5.74) is 1.67. The number of nitrogens with zero attached hydrogens (tertiary/aromatic N) is 1. The van der Waals surface area contributed by atoms with E-state index in [0.29, 0.717) is 17.1 Å². The molecule has 2 rings (SSSR count). The van der Waals surface area contributed by atoms with Crippen molar-refractivity contribution in [1.29, 1.82) is 0 Å². The summed E-state index contributed by atoms with van der Waals surface area (Å²) in [5.74, 6) is -1.17. The Morgan fingerprint density at radius 1 is 1.32 bits per heavy atom. The lowest BCUT2D eigenvalue weighted by atomic mass is 10.1. The molecular weight excluding hydrogens is 300 g/mol. The van der Waals surface area contributed by atoms with Crippen LogP contribution < -0.4 is 5.32 Å². The second-order valence-corrected chi connectivity index (χ2v) is 6.21. The van der Waals surface area contributed by atoms with E-state index >= 15 is 0 Å². The molecule has 0 bridgehead atoms. The van der Waals surface area contributed by atoms with Gasteiger partial charge in [-0.1, -0.05) is 37.3 Å². The first kappa shape index (κ1) is 16.2. The maximum Gasteiger partial charge on any atom is 0.303 e. The lowest BCUT2D eigenvalue weighted by Crippen LogP contribution is -2.29. The largest absolute Gasteiger partial charge is 0.481 e. The fraction of sp³-hybridized carbons (Fsp3) is 0.312. The molecule has 1 unspecified atom stereocenters. The number of hydrogen-bond donors (Lipinski definition) is 2. The minimum atomic E-state index is -0.859. The number of aromatic nitrogens is 1. The topological polar surface area (TPSA) is 79.3 Å². The van der Waals surface area contributed by atoms with Crippen LogP contribution in [0.25, 0.3) is 10.6 Å². The van der Waals surface area contributed by atoms with Crippen LogP contribution in [0.15, 0.2) is 30.3 Å². The van der Waals surface area contributed by atoms with Crippen molar-refractivity contribution in [3.8, 4) is 10.6 Å². The van der Waals surface area contributed by atoms with E-state index in [-0.39, 0.29) is 18.2 Å². The van der Waals surface area contributed by atoms with Gasteiger partial charge >= 0.3 is 5.97 Å². The Hall–Kier alpha value is -2.21. The van der Waals surface area contributed by atoms with Gasteiger partial charge in [-0.3, -0.25) is 9.59 Å². The number of rotatable bonds is 6. The lowest BCUT2D eigenvalue weighted by Gasteiger charge is -2.09. The third-order valence-corrected chi connectivity index (χ3v) is 4.36. The molecule has 0 aliphatic rings. The fourth-order valence-electron chi connectivity index (χ4n) is 2.03. The Bertz CT molecular complexity index is 667. The minimum Gasteiger partial charge on any atom is -0.481 e. The fourth-order valence-corrected chi connectivity index (χ4v) is 3.02. The van der Waals surface area contributed by atoms with Gasteiger partial charge in [0.15, 0.2) is 0 Å². The van der Waals surface area contributed by atoms with Crippen molar-refractivity contribution >= 4 is 23.2 Å². The summed E-state index contributed by atoms with van der Waals surface area (Å²) >= 11 is 1.35. The molecule has 1 aromatic heterocycles. The number of nitrogens with one attached hydrogen (secondary N) is 1. The smallest absolute Gasteiger partial charge is 0.303 e. The number of hydrogen-bond acceptors (Lipinski definition) is 4. The van der Waals surface area contributed by atoms with E-state index in [0.717, 1.165) is 10.6 Å². The Balaban J connectivity index is 2.05. The van der Waals surface area contributed by atoms with Crippen LogP contribution in [-0.4, -0.2) is 28.5 Å². The first-order valence-electron chi connectivity index (χ1n) is 7.00. The summed E-state index contributed by atoms with van der Waals surface area (Å²) in [4.78, 5) is 27.8. The van der Waals surface area contributed by atoms with Crippen LogP contribution in [0.1, 0.15) is 28.7 Å². The van der Waals surface area contributed by atoms with Gasteiger partial charge in [-0.2, -0.15) is 0 Å². The third kappa shape index (κ3) is 4.14. The van der Waals surface area contributed by atoms with Crippen molar-refractivity contribution in [2.24, 2.45) is 5.92 Å². The predicted octanol–water partition coefficient (Wildman–Crippen LogP) is 2.96. The molecule has 0 aliphatic carbocycles. The third-order valence-electron chi connectivity index (χ3n) is 3.16. The molecule has 0 fully saturated rings. The highest BCUT2D eigenvalue weighted by Gasteiger charge is 2.17. The van der Waals surface area contributed by atoms with E-state index < -0.39 is 5.97 Å². The summed E-state index contributed by atoms with van der Waals surface area (Å²) in [6.45, 7) is 3.94. The quantitative estimate of drug-likeness (QED) is 0.858. The van der Waals surface area contributed by atoms with Crippen molar-refractivity contribution in [2.75, 3.05) is 6.54 Å². The van der Waals surface area contributed by atoms with Crippen molar-refractivity contribution < 1.29 is 14.7 Å². The van der Waals surface area contributed by atoms with E-state index in [4.69, 9.17) is 5.11 Å². The summed E-state index contributed by atoms with van der Waals surface area (Å²) < 4.78 is 0. The normalized spacial score (nSPS) is 11.9. The first-order valence-corrected chi connectivity index (χ1v) is 7.82. The van der Waals surface area contributed by atoms with Gasteiger partial charge in [0.25, 0.3) is 5.91 Å². The molecule has 0 saturated carbocycles. The van der Waals surface area contributed by atoms with Gasteiger partial charge < -0.3 is 10.4 Å². The van der Waals surface area contributed by atoms with Gasteiger partial charge in [-0.15, -0.1) is 11.3 Å². The maximum atomic E-state index is 12.2. The summed E-state index contributed by atoms with van der Waals surface area (Å²) in [5, 5.41) is 12.3. The van der Waals surface area contributed by atoms with E-state index in [1.165, 1.54) is 11.3 Å². The summed E-state index contributed by atoms with van der Waals surface area (Å²) in [6, 6.07) is 9.70. The standard InChI is InChI=1S/C16H18N2O3S/c1-10(8-13(19)20)9-17-15(21)14-11(2)18-16(22-14)12-6-4-3-5-7-12/h3-7,10H,8-9H2,1-2H3,(H,17,21)(H,19,20). The number of amides is 1. The monoisotopic (exact) mass is 318 g/mol. The van der Waals surface area contributed by atoms with Crippen LogP contribution in [-0.2, 0) is 4.79 Å². The molecule has 2 N–H and O–H groups in total. The number of aryl methyl sites for hydroxylation is 1. The number of carbonyl (C=O) groups is 2. The average Bonchev–Trinajstić information content (AvgIpc) is 2.87. The van der Waals surface area contributed by atoms with Crippen LogP contribution in [0.3, 0.4) is 0 Å². The molecule has 0 saturated heterocycles. The molecule has 6 heteroatoms.